The van der Waals surface area contributed by atoms with Crippen LogP contribution >= 0.6 is 0 Å². The van der Waals surface area contributed by atoms with Crippen molar-refractivity contribution >= 4 is 0 Å². The lowest BCUT2D eigenvalue weighted by atomic mass is 10.3. The Balaban J connectivity index is 2.54. The molecule has 5 heavy (non-hydrogen) atoms. The van der Waals surface area contributed by atoms with Gasteiger partial charge in [0.15, 0.2) is 0 Å². The van der Waals surface area contributed by atoms with Gasteiger partial charge in [-0.05, 0) is 0 Å². The number of rotatable bonds is 1. The zero-order valence-corrected chi connectivity index (χ0v) is 3.46. The van der Waals surface area contributed by atoms with Gasteiger partial charge in [0.05, 0.1) is 0 Å². The normalized spacial score (nSPS) is 9.60. The van der Waals surface area contributed by atoms with Crippen LogP contribution in [0.1, 0.15) is 13.8 Å². The van der Waals surface area contributed by atoms with Crippen molar-refractivity contribution in [2.24, 2.45) is 0 Å². The topological polar surface area (TPSA) is 0 Å². The molecule has 0 rings (SSSR count). The van der Waals surface area contributed by atoms with Crippen LogP contribution in [-0.4, -0.2) is 0 Å². The van der Waals surface area contributed by atoms with Crippen LogP contribution in [0.5, 0.6) is 0 Å². The molecule has 0 amide bonds. The molecular weight excluding hydrogens is 67.0 g/mol. The van der Waals surface area contributed by atoms with Crippen LogP contribution in [-0.2, 0) is 0 Å². The summed E-state index contributed by atoms with van der Waals surface area (Å²) in [5, 5.41) is 0. The van der Waals surface area contributed by atoms with Crippen molar-refractivity contribution < 1.29 is 4.39 Å². The Morgan fingerprint density at radius 2 is 1.80 bits per heavy atom. The number of hydrogen-bond acceptors (Lipinski definition) is 0. The average Bonchev–Trinajstić information content (AvgIpc) is 1.38. The van der Waals surface area contributed by atoms with E-state index >= 15 is 0 Å². The van der Waals surface area contributed by atoms with E-state index in [0.29, 0.717) is 12.6 Å². The molecule has 0 unspecified atom stereocenters. The molecule has 0 fully saturated rings. The van der Waals surface area contributed by atoms with Gasteiger partial charge in [-0.25, -0.2) is 4.39 Å². The smallest absolute Gasteiger partial charge is 0.137 e. The van der Waals surface area contributed by atoms with Crippen LogP contribution in [0, 0.1) is 12.6 Å². The molecule has 0 atom stereocenters. The molecule has 0 saturated heterocycles. The van der Waals surface area contributed by atoms with Gasteiger partial charge in [-0.1, -0.05) is 13.8 Å². The van der Waals surface area contributed by atoms with Crippen LogP contribution in [0.4, 0.5) is 4.39 Å². The Labute approximate surface area is 32.0 Å². The standard InChI is InChI=1S/C4H7F/c1-4(2)3-5/h3H,1-2H3. The lowest BCUT2D eigenvalue weighted by molar-refractivity contribution is 0.609. The molecule has 0 spiro atoms. The zero-order valence-electron chi connectivity index (χ0n) is 3.46. The minimum absolute atomic E-state index is 0.583. The second-order valence-electron chi connectivity index (χ2n) is 1.19. The first-order chi connectivity index (χ1) is 2.27. The summed E-state index contributed by atoms with van der Waals surface area (Å²) in [6.07, 6.45) is 0. The summed E-state index contributed by atoms with van der Waals surface area (Å²) < 4.78 is 11.0. The van der Waals surface area contributed by atoms with Crippen molar-refractivity contribution in [2.45, 2.75) is 13.8 Å². The van der Waals surface area contributed by atoms with E-state index in [4.69, 9.17) is 0 Å². The van der Waals surface area contributed by atoms with Gasteiger partial charge in [-0.2, -0.15) is 0 Å². The van der Waals surface area contributed by atoms with Gasteiger partial charge in [0.2, 0.25) is 0 Å². The SMILES string of the molecule is C[C](C)[CH]F. The third-order valence-electron chi connectivity index (χ3n) is 0.218. The zero-order chi connectivity index (χ0) is 4.28. The van der Waals surface area contributed by atoms with Crippen molar-refractivity contribution in [2.75, 3.05) is 0 Å². The van der Waals surface area contributed by atoms with Crippen LogP contribution in [0.25, 0.3) is 0 Å². The predicted octanol–water partition coefficient (Wildman–Crippen LogP) is 1.73. The maximum atomic E-state index is 11.0. The molecule has 0 N–H and O–H groups in total. The van der Waals surface area contributed by atoms with Gasteiger partial charge in [0.25, 0.3) is 0 Å². The van der Waals surface area contributed by atoms with E-state index in [2.05, 4.69) is 0 Å². The summed E-state index contributed by atoms with van der Waals surface area (Å²) in [7, 11) is 0. The fraction of sp³-hybridized carbons (Fsp3) is 0.500. The van der Waals surface area contributed by atoms with Crippen molar-refractivity contribution in [1.29, 1.82) is 0 Å². The highest BCUT2D eigenvalue weighted by molar-refractivity contribution is 4.85. The van der Waals surface area contributed by atoms with Crippen LogP contribution in [0.2, 0.25) is 0 Å². The summed E-state index contributed by atoms with van der Waals surface area (Å²) in [6.45, 7) is 4.00. The quantitative estimate of drug-likeness (QED) is 0.444. The largest absolute Gasteiger partial charge is 0.244 e. The molecule has 0 heterocycles. The van der Waals surface area contributed by atoms with Gasteiger partial charge in [-0.15, -0.1) is 0 Å². The Morgan fingerprint density at radius 1 is 1.60 bits per heavy atom. The molecule has 0 aromatic heterocycles. The van der Waals surface area contributed by atoms with E-state index in [1.165, 1.54) is 0 Å². The summed E-state index contributed by atoms with van der Waals surface area (Å²) in [6, 6.07) is 0. The van der Waals surface area contributed by atoms with Crippen LogP contribution in [0.3, 0.4) is 0 Å². The van der Waals surface area contributed by atoms with Gasteiger partial charge in [0, 0.05) is 5.92 Å². The Bertz CT molecular complexity index is 17.6. The van der Waals surface area contributed by atoms with Crippen LogP contribution < -0.4 is 0 Å². The highest BCUT2D eigenvalue weighted by atomic mass is 19.1. The Hall–Kier alpha value is -0.0700. The van der Waals surface area contributed by atoms with E-state index in [-0.39, 0.29) is 0 Å². The maximum absolute atomic E-state index is 11.0. The maximum Gasteiger partial charge on any atom is 0.137 e. The summed E-state index contributed by atoms with van der Waals surface area (Å²) in [4.78, 5) is 0. The molecule has 30 valence electrons. The summed E-state index contributed by atoms with van der Waals surface area (Å²) >= 11 is 0. The highest BCUT2D eigenvalue weighted by Gasteiger charge is 1.86. The molecule has 0 aromatic carbocycles. The fourth-order valence-electron chi connectivity index (χ4n) is 0. The van der Waals surface area contributed by atoms with E-state index in [1.54, 1.807) is 13.8 Å². The van der Waals surface area contributed by atoms with Crippen molar-refractivity contribution in [3.05, 3.63) is 12.6 Å². The van der Waals surface area contributed by atoms with Gasteiger partial charge < -0.3 is 0 Å². The minimum Gasteiger partial charge on any atom is -0.244 e. The van der Waals surface area contributed by atoms with Crippen molar-refractivity contribution in [3.63, 3.8) is 0 Å². The molecule has 2 radical (unpaired) electrons. The van der Waals surface area contributed by atoms with Gasteiger partial charge in [-0.3, -0.25) is 0 Å². The monoisotopic (exact) mass is 74.1 g/mol. The number of hydrogen-bond donors (Lipinski definition) is 0. The van der Waals surface area contributed by atoms with E-state index in [1.807, 2.05) is 0 Å². The second-order valence-corrected chi connectivity index (χ2v) is 1.19. The average molecular weight is 74.1 g/mol. The second kappa shape index (κ2) is 2.18. The minimum atomic E-state index is 0.583. The first-order valence-electron chi connectivity index (χ1n) is 1.51. The lowest BCUT2D eigenvalue weighted by Crippen LogP contribution is -1.73. The third kappa shape index (κ3) is 3.93. The molecule has 1 heteroatoms. The summed E-state index contributed by atoms with van der Waals surface area (Å²) in [5.74, 6) is 0.713. The first kappa shape index (κ1) is 4.93. The summed E-state index contributed by atoms with van der Waals surface area (Å²) in [5.41, 5.74) is 0. The molecule has 0 aliphatic rings. The highest BCUT2D eigenvalue weighted by Crippen LogP contribution is 1.98. The van der Waals surface area contributed by atoms with E-state index in [0.717, 1.165) is 0 Å². The Kier molecular flexibility index (Phi) is 2.15. The molecule has 0 saturated carbocycles. The molecular formula is C4H7F. The van der Waals surface area contributed by atoms with Gasteiger partial charge in [0.1, 0.15) is 6.67 Å². The molecule has 0 aliphatic heterocycles. The molecule has 0 aromatic rings. The molecule has 0 nitrogen and oxygen atoms in total. The Morgan fingerprint density at radius 3 is 1.80 bits per heavy atom. The van der Waals surface area contributed by atoms with E-state index in [9.17, 15) is 4.39 Å². The lowest BCUT2D eigenvalue weighted by Gasteiger charge is -1.85. The fourth-order valence-corrected chi connectivity index (χ4v) is 0. The predicted molar refractivity (Wildman–Crippen MR) is 20.0 cm³/mol. The molecule has 0 bridgehead atoms. The van der Waals surface area contributed by atoms with Crippen molar-refractivity contribution in [3.8, 4) is 0 Å². The van der Waals surface area contributed by atoms with E-state index < -0.39 is 0 Å². The number of halogens is 1. The molecule has 0 aliphatic carbocycles. The van der Waals surface area contributed by atoms with Crippen LogP contribution in [0.15, 0.2) is 0 Å². The first-order valence-corrected chi connectivity index (χ1v) is 1.51. The van der Waals surface area contributed by atoms with Gasteiger partial charge >= 0.3 is 0 Å². The van der Waals surface area contributed by atoms with Crippen molar-refractivity contribution in [1.82, 2.24) is 0 Å². The third-order valence-corrected chi connectivity index (χ3v) is 0.218.